The molecule has 0 aromatic rings. The lowest BCUT2D eigenvalue weighted by Crippen LogP contribution is -2.03. The Morgan fingerprint density at radius 1 is 0.619 bits per heavy atom. The Hall–Kier alpha value is 0.150. The van der Waals surface area contributed by atoms with Crippen LogP contribution in [0.5, 0.6) is 0 Å². The topological polar surface area (TPSA) is 35.5 Å². The molecular weight excluding hydrogens is 283 g/mol. The maximum absolute atomic E-state index is 12.5. The van der Waals surface area contributed by atoms with Crippen molar-refractivity contribution in [3.8, 4) is 0 Å². The summed E-state index contributed by atoms with van der Waals surface area (Å²) in [5, 5.41) is 0. The van der Waals surface area contributed by atoms with E-state index in [0.717, 1.165) is 32.1 Å². The van der Waals surface area contributed by atoms with Crippen LogP contribution in [0, 0.1) is 0 Å². The summed E-state index contributed by atoms with van der Waals surface area (Å²) in [6.07, 6.45) is 13.3. The van der Waals surface area contributed by atoms with Crippen LogP contribution < -0.4 is 0 Å². The van der Waals surface area contributed by atoms with Crippen molar-refractivity contribution in [2.45, 2.75) is 91.4 Å². The van der Waals surface area contributed by atoms with Crippen molar-refractivity contribution in [2.24, 2.45) is 0 Å². The monoisotopic (exact) mass is 320 g/mol. The Kier molecular flexibility index (Phi) is 15.2. The Bertz CT molecular complexity index is 236. The van der Waals surface area contributed by atoms with Crippen LogP contribution in [0.1, 0.15) is 91.4 Å². The van der Waals surface area contributed by atoms with E-state index in [1.54, 1.807) is 0 Å². The Labute approximate surface area is 132 Å². The molecule has 0 radical (unpaired) electrons. The smallest absolute Gasteiger partial charge is 0.309 e. The van der Waals surface area contributed by atoms with Crippen LogP contribution in [0.15, 0.2) is 0 Å². The second kappa shape index (κ2) is 15.1. The molecule has 21 heavy (non-hydrogen) atoms. The van der Waals surface area contributed by atoms with Gasteiger partial charge in [-0.3, -0.25) is 4.57 Å². The minimum atomic E-state index is -2.83. The van der Waals surface area contributed by atoms with Crippen LogP contribution in [0.3, 0.4) is 0 Å². The molecule has 3 nitrogen and oxygen atoms in total. The highest BCUT2D eigenvalue weighted by molar-refractivity contribution is 7.53. The summed E-state index contributed by atoms with van der Waals surface area (Å²) in [6.45, 7) is 7.61. The van der Waals surface area contributed by atoms with Gasteiger partial charge in [0.05, 0.1) is 13.2 Å². The molecule has 0 aliphatic carbocycles. The van der Waals surface area contributed by atoms with E-state index in [-0.39, 0.29) is 0 Å². The van der Waals surface area contributed by atoms with Crippen LogP contribution in [-0.2, 0) is 13.6 Å². The van der Waals surface area contributed by atoms with Crippen LogP contribution in [-0.4, -0.2) is 19.4 Å². The van der Waals surface area contributed by atoms with Gasteiger partial charge in [0.25, 0.3) is 0 Å². The van der Waals surface area contributed by atoms with E-state index in [4.69, 9.17) is 9.05 Å². The van der Waals surface area contributed by atoms with Gasteiger partial charge in [-0.25, -0.2) is 0 Å². The van der Waals surface area contributed by atoms with E-state index < -0.39 is 7.60 Å². The van der Waals surface area contributed by atoms with Crippen LogP contribution in [0.25, 0.3) is 0 Å². The molecule has 0 fully saturated rings. The fourth-order valence-corrected chi connectivity index (χ4v) is 3.95. The van der Waals surface area contributed by atoms with Gasteiger partial charge in [-0.05, 0) is 19.3 Å². The number of unbranched alkanes of at least 4 members (excludes halogenated alkanes) is 8. The predicted molar refractivity (Wildman–Crippen MR) is 92.2 cm³/mol. The standard InChI is InChI=1S/C17H37O3P/c1-4-7-9-11-13-15-19-21(18,17-6-3)20-16-14-12-10-8-5-2/h4-17H2,1-3H3. The second-order valence-electron chi connectivity index (χ2n) is 5.83. The number of hydrogen-bond acceptors (Lipinski definition) is 3. The van der Waals surface area contributed by atoms with Crippen molar-refractivity contribution in [1.82, 2.24) is 0 Å². The molecule has 0 saturated carbocycles. The largest absolute Gasteiger partial charge is 0.330 e. The molecule has 0 spiro atoms. The summed E-state index contributed by atoms with van der Waals surface area (Å²) in [7, 11) is -2.83. The highest BCUT2D eigenvalue weighted by Crippen LogP contribution is 2.49. The van der Waals surface area contributed by atoms with Crippen LogP contribution in [0.4, 0.5) is 0 Å². The molecule has 0 rings (SSSR count). The lowest BCUT2D eigenvalue weighted by molar-refractivity contribution is 0.197. The molecule has 4 heteroatoms. The molecule has 0 bridgehead atoms. The van der Waals surface area contributed by atoms with Gasteiger partial charge in [0.1, 0.15) is 0 Å². The van der Waals surface area contributed by atoms with Crippen molar-refractivity contribution in [3.63, 3.8) is 0 Å². The molecule has 0 aliphatic heterocycles. The van der Waals surface area contributed by atoms with Crippen molar-refractivity contribution in [2.75, 3.05) is 19.4 Å². The van der Waals surface area contributed by atoms with Gasteiger partial charge in [0, 0.05) is 6.16 Å². The van der Waals surface area contributed by atoms with Crippen molar-refractivity contribution in [1.29, 1.82) is 0 Å². The third-order valence-corrected chi connectivity index (χ3v) is 5.72. The third-order valence-electron chi connectivity index (χ3n) is 3.57. The quantitative estimate of drug-likeness (QED) is 0.238. The van der Waals surface area contributed by atoms with Crippen molar-refractivity contribution >= 4 is 7.60 Å². The van der Waals surface area contributed by atoms with Gasteiger partial charge in [-0.1, -0.05) is 72.1 Å². The van der Waals surface area contributed by atoms with E-state index in [9.17, 15) is 4.57 Å². The lowest BCUT2D eigenvalue weighted by atomic mass is 10.2. The van der Waals surface area contributed by atoms with Crippen LogP contribution in [0.2, 0.25) is 0 Å². The van der Waals surface area contributed by atoms with Crippen LogP contribution >= 0.6 is 7.60 Å². The number of hydrogen-bond donors (Lipinski definition) is 0. The number of rotatable bonds is 16. The molecule has 0 heterocycles. The first kappa shape index (κ1) is 21.1. The first-order valence-corrected chi connectivity index (χ1v) is 10.8. The van der Waals surface area contributed by atoms with E-state index >= 15 is 0 Å². The summed E-state index contributed by atoms with van der Waals surface area (Å²) in [4.78, 5) is 0. The van der Waals surface area contributed by atoms with Gasteiger partial charge >= 0.3 is 7.60 Å². The van der Waals surface area contributed by atoms with Gasteiger partial charge in [0.2, 0.25) is 0 Å². The lowest BCUT2D eigenvalue weighted by Gasteiger charge is -2.18. The highest BCUT2D eigenvalue weighted by atomic mass is 31.2. The molecule has 0 aliphatic rings. The molecular formula is C17H37O3P. The van der Waals surface area contributed by atoms with Crippen molar-refractivity contribution < 1.29 is 13.6 Å². The van der Waals surface area contributed by atoms with E-state index in [1.165, 1.54) is 38.5 Å². The maximum atomic E-state index is 12.5. The molecule has 0 saturated heterocycles. The van der Waals surface area contributed by atoms with Crippen molar-refractivity contribution in [3.05, 3.63) is 0 Å². The average molecular weight is 320 g/mol. The fraction of sp³-hybridized carbons (Fsp3) is 1.00. The zero-order chi connectivity index (χ0) is 15.8. The Balaban J connectivity index is 3.76. The molecule has 0 unspecified atom stereocenters. The molecule has 128 valence electrons. The Morgan fingerprint density at radius 2 is 1.05 bits per heavy atom. The average Bonchev–Trinajstić information content (AvgIpc) is 2.47. The maximum Gasteiger partial charge on any atom is 0.330 e. The second-order valence-corrected chi connectivity index (χ2v) is 8.01. The molecule has 0 aromatic heterocycles. The molecule has 0 amide bonds. The van der Waals surface area contributed by atoms with Gasteiger partial charge in [0.15, 0.2) is 0 Å². The minimum Gasteiger partial charge on any atom is -0.309 e. The first-order valence-electron chi connectivity index (χ1n) is 9.06. The third kappa shape index (κ3) is 13.5. The molecule has 0 N–H and O–H groups in total. The SMILES string of the molecule is CCCCCCCOP(=O)(CCC)OCCCCCCC. The minimum absolute atomic E-state index is 0.552. The normalized spacial score (nSPS) is 12.0. The van der Waals surface area contributed by atoms with E-state index in [0.29, 0.717) is 19.4 Å². The fourth-order valence-electron chi connectivity index (χ4n) is 2.26. The van der Waals surface area contributed by atoms with Gasteiger partial charge < -0.3 is 9.05 Å². The zero-order valence-corrected chi connectivity index (χ0v) is 15.5. The Morgan fingerprint density at radius 3 is 1.43 bits per heavy atom. The molecule has 0 aromatic carbocycles. The summed E-state index contributed by atoms with van der Waals surface area (Å²) >= 11 is 0. The zero-order valence-electron chi connectivity index (χ0n) is 14.6. The predicted octanol–water partition coefficient (Wildman–Crippen LogP) is 6.56. The first-order chi connectivity index (χ1) is 10.2. The summed E-state index contributed by atoms with van der Waals surface area (Å²) in [5.74, 6) is 0. The summed E-state index contributed by atoms with van der Waals surface area (Å²) in [5.41, 5.74) is 0. The van der Waals surface area contributed by atoms with E-state index in [1.807, 2.05) is 6.92 Å². The van der Waals surface area contributed by atoms with E-state index in [2.05, 4.69) is 13.8 Å². The summed E-state index contributed by atoms with van der Waals surface area (Å²) < 4.78 is 23.8. The highest BCUT2D eigenvalue weighted by Gasteiger charge is 2.22. The summed E-state index contributed by atoms with van der Waals surface area (Å²) in [6, 6.07) is 0. The van der Waals surface area contributed by atoms with Gasteiger partial charge in [-0.2, -0.15) is 0 Å². The molecule has 0 atom stereocenters. The van der Waals surface area contributed by atoms with Gasteiger partial charge in [-0.15, -0.1) is 0 Å².